The summed E-state index contributed by atoms with van der Waals surface area (Å²) in [5.74, 6) is -1.00. The molecule has 31 heavy (non-hydrogen) atoms. The number of imide groups is 1. The third-order valence-corrected chi connectivity index (χ3v) is 5.99. The van der Waals surface area contributed by atoms with Crippen molar-refractivity contribution in [2.45, 2.75) is 57.9 Å². The summed E-state index contributed by atoms with van der Waals surface area (Å²) in [4.78, 5) is 51.3. The molecule has 1 saturated carbocycles. The highest BCUT2D eigenvalue weighted by molar-refractivity contribution is 6.08. The van der Waals surface area contributed by atoms with Crippen LogP contribution in [0.2, 0.25) is 0 Å². The number of hydrogen-bond acceptors (Lipinski definition) is 5. The van der Waals surface area contributed by atoms with Crippen LogP contribution in [0, 0.1) is 13.8 Å². The van der Waals surface area contributed by atoms with E-state index in [0.29, 0.717) is 19.4 Å². The number of urea groups is 1. The van der Waals surface area contributed by atoms with Crippen LogP contribution in [0.5, 0.6) is 0 Å². The second-order valence-corrected chi connectivity index (χ2v) is 8.55. The Kier molecular flexibility index (Phi) is 6.94. The van der Waals surface area contributed by atoms with Gasteiger partial charge in [-0.05, 0) is 44.9 Å². The SMILES string of the molecule is Cc1cccc(C)c1NC(=O)CN(C)CCC(=O)NN1C(=O)NC2(CCCCC2)C1=O. The molecule has 1 aromatic carbocycles. The quantitative estimate of drug-likeness (QED) is 0.573. The molecule has 1 heterocycles. The van der Waals surface area contributed by atoms with Crippen molar-refractivity contribution in [2.24, 2.45) is 0 Å². The van der Waals surface area contributed by atoms with Crippen LogP contribution in [0.3, 0.4) is 0 Å². The average Bonchev–Trinajstić information content (AvgIpc) is 2.94. The van der Waals surface area contributed by atoms with Gasteiger partial charge in [0.2, 0.25) is 11.8 Å². The van der Waals surface area contributed by atoms with E-state index in [9.17, 15) is 19.2 Å². The molecule has 0 aromatic heterocycles. The first kappa shape index (κ1) is 22.7. The number of hydrogen-bond donors (Lipinski definition) is 3. The number of likely N-dealkylation sites (N-methyl/N-ethyl adjacent to an activating group) is 1. The van der Waals surface area contributed by atoms with Crippen molar-refractivity contribution >= 4 is 29.4 Å². The van der Waals surface area contributed by atoms with E-state index in [4.69, 9.17) is 0 Å². The van der Waals surface area contributed by atoms with Gasteiger partial charge in [-0.15, -0.1) is 0 Å². The highest BCUT2D eigenvalue weighted by Gasteiger charge is 2.52. The molecular formula is C22H31N5O4. The van der Waals surface area contributed by atoms with Gasteiger partial charge in [0.1, 0.15) is 5.54 Å². The Morgan fingerprint density at radius 3 is 2.39 bits per heavy atom. The lowest BCUT2D eigenvalue weighted by atomic mass is 9.82. The molecule has 0 bridgehead atoms. The smallest absolute Gasteiger partial charge is 0.324 e. The Balaban J connectivity index is 1.45. The Morgan fingerprint density at radius 2 is 1.74 bits per heavy atom. The number of benzene rings is 1. The molecule has 0 atom stereocenters. The molecule has 1 saturated heterocycles. The number of carbonyl (C=O) groups excluding carboxylic acids is 4. The van der Waals surface area contributed by atoms with Gasteiger partial charge < -0.3 is 10.6 Å². The number of carbonyl (C=O) groups is 4. The molecule has 9 nitrogen and oxygen atoms in total. The molecule has 5 amide bonds. The molecule has 1 aliphatic carbocycles. The maximum atomic E-state index is 12.7. The summed E-state index contributed by atoms with van der Waals surface area (Å²) < 4.78 is 0. The monoisotopic (exact) mass is 429 g/mol. The molecule has 1 aliphatic heterocycles. The molecule has 1 spiro atoms. The van der Waals surface area contributed by atoms with Crippen molar-refractivity contribution in [3.8, 4) is 0 Å². The molecular weight excluding hydrogens is 398 g/mol. The van der Waals surface area contributed by atoms with Crippen LogP contribution in [0.25, 0.3) is 0 Å². The molecule has 1 aromatic rings. The van der Waals surface area contributed by atoms with Crippen LogP contribution in [0.4, 0.5) is 10.5 Å². The summed E-state index contributed by atoms with van der Waals surface area (Å²) in [5, 5.41) is 6.48. The summed E-state index contributed by atoms with van der Waals surface area (Å²) in [7, 11) is 1.74. The predicted molar refractivity (Wildman–Crippen MR) is 116 cm³/mol. The van der Waals surface area contributed by atoms with Crippen molar-refractivity contribution in [3.05, 3.63) is 29.3 Å². The van der Waals surface area contributed by atoms with Crippen molar-refractivity contribution in [1.29, 1.82) is 0 Å². The number of nitrogens with one attached hydrogen (secondary N) is 3. The van der Waals surface area contributed by atoms with Crippen LogP contribution in [-0.4, -0.2) is 59.3 Å². The second kappa shape index (κ2) is 9.47. The van der Waals surface area contributed by atoms with Crippen LogP contribution >= 0.6 is 0 Å². The molecule has 2 aliphatic rings. The van der Waals surface area contributed by atoms with E-state index in [1.54, 1.807) is 11.9 Å². The fourth-order valence-electron chi connectivity index (χ4n) is 4.20. The fraction of sp³-hybridized carbons (Fsp3) is 0.545. The number of nitrogens with zero attached hydrogens (tertiary/aromatic N) is 2. The van der Waals surface area contributed by atoms with Gasteiger partial charge in [0.25, 0.3) is 5.91 Å². The first-order valence-electron chi connectivity index (χ1n) is 10.7. The average molecular weight is 430 g/mol. The van der Waals surface area contributed by atoms with Gasteiger partial charge in [-0.3, -0.25) is 24.7 Å². The maximum absolute atomic E-state index is 12.7. The van der Waals surface area contributed by atoms with E-state index in [1.807, 2.05) is 32.0 Å². The Morgan fingerprint density at radius 1 is 1.10 bits per heavy atom. The summed E-state index contributed by atoms with van der Waals surface area (Å²) in [6, 6.07) is 5.22. The van der Waals surface area contributed by atoms with Gasteiger partial charge in [-0.2, -0.15) is 5.01 Å². The molecule has 0 radical (unpaired) electrons. The van der Waals surface area contributed by atoms with Gasteiger partial charge in [0, 0.05) is 18.7 Å². The summed E-state index contributed by atoms with van der Waals surface area (Å²) in [5.41, 5.74) is 4.32. The van der Waals surface area contributed by atoms with E-state index in [1.165, 1.54) is 0 Å². The van der Waals surface area contributed by atoms with Crippen LogP contribution in [0.15, 0.2) is 18.2 Å². The molecule has 3 rings (SSSR count). The third-order valence-electron chi connectivity index (χ3n) is 5.99. The van der Waals surface area contributed by atoms with Gasteiger partial charge >= 0.3 is 6.03 Å². The van der Waals surface area contributed by atoms with Gasteiger partial charge in [-0.25, -0.2) is 4.79 Å². The van der Waals surface area contributed by atoms with Crippen molar-refractivity contribution in [1.82, 2.24) is 20.7 Å². The number of hydrazine groups is 1. The molecule has 3 N–H and O–H groups in total. The van der Waals surface area contributed by atoms with E-state index >= 15 is 0 Å². The minimum absolute atomic E-state index is 0.0528. The zero-order chi connectivity index (χ0) is 22.6. The topological polar surface area (TPSA) is 111 Å². The number of amides is 5. The minimum atomic E-state index is -0.870. The number of anilines is 1. The summed E-state index contributed by atoms with van der Waals surface area (Å²) in [6.07, 6.45) is 4.05. The minimum Gasteiger partial charge on any atom is -0.324 e. The summed E-state index contributed by atoms with van der Waals surface area (Å²) >= 11 is 0. The lowest BCUT2D eigenvalue weighted by Gasteiger charge is -2.30. The zero-order valence-electron chi connectivity index (χ0n) is 18.4. The predicted octanol–water partition coefficient (Wildman–Crippen LogP) is 1.85. The normalized spacial score (nSPS) is 17.7. The summed E-state index contributed by atoms with van der Waals surface area (Å²) in [6.45, 7) is 4.29. The van der Waals surface area contributed by atoms with Crippen LogP contribution in [-0.2, 0) is 14.4 Å². The first-order valence-corrected chi connectivity index (χ1v) is 10.7. The number of rotatable bonds is 7. The van der Waals surface area contributed by atoms with E-state index < -0.39 is 17.5 Å². The number of para-hydroxylation sites is 1. The molecule has 0 unspecified atom stereocenters. The fourth-order valence-corrected chi connectivity index (χ4v) is 4.20. The number of aryl methyl sites for hydroxylation is 2. The van der Waals surface area contributed by atoms with Gasteiger partial charge in [-0.1, -0.05) is 37.5 Å². The van der Waals surface area contributed by atoms with Crippen molar-refractivity contribution in [2.75, 3.05) is 25.5 Å². The standard InChI is InChI=1S/C22H31N5O4/c1-15-8-7-9-16(2)19(15)23-18(29)14-26(3)13-10-17(28)25-27-20(30)22(24-21(27)31)11-5-4-6-12-22/h7-9H,4-6,10-14H2,1-3H3,(H,23,29)(H,24,31)(H,25,28). The Labute approximate surface area is 182 Å². The highest BCUT2D eigenvalue weighted by atomic mass is 16.2. The highest BCUT2D eigenvalue weighted by Crippen LogP contribution is 2.33. The first-order chi connectivity index (χ1) is 14.7. The molecule has 9 heteroatoms. The van der Waals surface area contributed by atoms with E-state index in [-0.39, 0.29) is 24.8 Å². The largest absolute Gasteiger partial charge is 0.344 e. The van der Waals surface area contributed by atoms with Crippen molar-refractivity contribution < 1.29 is 19.2 Å². The van der Waals surface area contributed by atoms with E-state index in [2.05, 4.69) is 16.1 Å². The zero-order valence-corrected chi connectivity index (χ0v) is 18.4. The van der Waals surface area contributed by atoms with Crippen LogP contribution in [0.1, 0.15) is 49.7 Å². The molecule has 168 valence electrons. The third kappa shape index (κ3) is 5.22. The lowest BCUT2D eigenvalue weighted by Crippen LogP contribution is -2.51. The lowest BCUT2D eigenvalue weighted by molar-refractivity contribution is -0.140. The van der Waals surface area contributed by atoms with Gasteiger partial charge in [0.15, 0.2) is 0 Å². The van der Waals surface area contributed by atoms with Crippen molar-refractivity contribution in [3.63, 3.8) is 0 Å². The second-order valence-electron chi connectivity index (χ2n) is 8.55. The van der Waals surface area contributed by atoms with Crippen LogP contribution < -0.4 is 16.1 Å². The van der Waals surface area contributed by atoms with E-state index in [0.717, 1.165) is 41.1 Å². The van der Waals surface area contributed by atoms with Gasteiger partial charge in [0.05, 0.1) is 6.54 Å². The molecule has 2 fully saturated rings. The Bertz CT molecular complexity index is 858. The maximum Gasteiger partial charge on any atom is 0.344 e. The Hall–Kier alpha value is -2.94.